The van der Waals surface area contributed by atoms with Crippen LogP contribution in [0, 0.1) is 6.92 Å². The molecule has 0 spiro atoms. The van der Waals surface area contributed by atoms with E-state index in [2.05, 4.69) is 37.9 Å². The van der Waals surface area contributed by atoms with Gasteiger partial charge in [0, 0.05) is 17.5 Å². The third kappa shape index (κ3) is 3.33. The number of carboxylic acid groups (broad SMARTS) is 1. The van der Waals surface area contributed by atoms with Crippen molar-refractivity contribution in [1.29, 1.82) is 0 Å². The Kier molecular flexibility index (Phi) is 5.24. The van der Waals surface area contributed by atoms with E-state index in [4.69, 9.17) is 4.42 Å². The van der Waals surface area contributed by atoms with E-state index >= 15 is 0 Å². The van der Waals surface area contributed by atoms with Gasteiger partial charge in [0.1, 0.15) is 5.58 Å². The van der Waals surface area contributed by atoms with E-state index in [1.807, 2.05) is 6.92 Å². The van der Waals surface area contributed by atoms with Crippen molar-refractivity contribution < 1.29 is 14.3 Å². The van der Waals surface area contributed by atoms with E-state index < -0.39 is 5.97 Å². The number of aromatic carboxylic acids is 1. The normalized spacial score (nSPS) is 11.5. The first kappa shape index (κ1) is 16.6. The molecular weight excluding hydrogens is 278 g/mol. The summed E-state index contributed by atoms with van der Waals surface area (Å²) in [5.41, 5.74) is 3.73. The molecular formula is C18H25NO3. The number of hydrogen-bond donors (Lipinski definition) is 1. The maximum absolute atomic E-state index is 11.3. The first-order valence-electron chi connectivity index (χ1n) is 7.94. The minimum absolute atomic E-state index is 0.0567. The Balaban J connectivity index is 2.41. The summed E-state index contributed by atoms with van der Waals surface area (Å²) in [4.78, 5) is 13.6. The van der Waals surface area contributed by atoms with E-state index in [0.717, 1.165) is 41.6 Å². The number of rotatable bonds is 7. The predicted octanol–water partition coefficient (Wildman–Crippen LogP) is 4.23. The molecule has 0 saturated carbocycles. The van der Waals surface area contributed by atoms with Gasteiger partial charge < -0.3 is 14.4 Å². The third-order valence-corrected chi connectivity index (χ3v) is 4.10. The number of furan rings is 1. The molecule has 2 rings (SSSR count). The van der Waals surface area contributed by atoms with Crippen LogP contribution in [0.5, 0.6) is 0 Å². The van der Waals surface area contributed by atoms with E-state index in [9.17, 15) is 9.90 Å². The number of benzene rings is 1. The van der Waals surface area contributed by atoms with Gasteiger partial charge in [0.05, 0.1) is 0 Å². The average Bonchev–Trinajstić information content (AvgIpc) is 2.82. The number of aryl methyl sites for hydroxylation is 2. The van der Waals surface area contributed by atoms with E-state index in [0.29, 0.717) is 0 Å². The molecule has 1 N–H and O–H groups in total. The van der Waals surface area contributed by atoms with Gasteiger partial charge in [0.2, 0.25) is 5.76 Å². The van der Waals surface area contributed by atoms with Gasteiger partial charge in [-0.2, -0.15) is 0 Å². The van der Waals surface area contributed by atoms with Crippen LogP contribution >= 0.6 is 0 Å². The summed E-state index contributed by atoms with van der Waals surface area (Å²) in [6.45, 7) is 8.02. The molecule has 0 aliphatic rings. The summed E-state index contributed by atoms with van der Waals surface area (Å²) < 4.78 is 5.59. The fourth-order valence-electron chi connectivity index (χ4n) is 2.83. The van der Waals surface area contributed by atoms with E-state index in [1.165, 1.54) is 18.4 Å². The number of carbonyl (C=O) groups is 1. The highest BCUT2D eigenvalue weighted by Gasteiger charge is 2.19. The molecule has 2 aromatic rings. The van der Waals surface area contributed by atoms with Gasteiger partial charge in [-0.1, -0.05) is 26.3 Å². The van der Waals surface area contributed by atoms with E-state index in [-0.39, 0.29) is 5.76 Å². The SMILES string of the molecule is CCCCN(C)Cc1cc(CC)c2oc(C(=O)O)c(C)c2c1. The quantitative estimate of drug-likeness (QED) is 0.831. The molecule has 120 valence electrons. The summed E-state index contributed by atoms with van der Waals surface area (Å²) in [5.74, 6) is -0.946. The van der Waals surface area contributed by atoms with Crippen molar-refractivity contribution in [3.8, 4) is 0 Å². The first-order chi connectivity index (χ1) is 10.5. The molecule has 0 bridgehead atoms. The highest BCUT2D eigenvalue weighted by molar-refractivity contribution is 5.96. The standard InChI is InChI=1S/C18H25NO3/c1-5-7-8-19(4)11-13-9-14(6-2)17-15(10-13)12(3)16(22-17)18(20)21/h9-10H,5-8,11H2,1-4H3,(H,20,21). The molecule has 0 aliphatic carbocycles. The van der Waals surface area contributed by atoms with Gasteiger partial charge in [-0.3, -0.25) is 0 Å². The molecule has 22 heavy (non-hydrogen) atoms. The monoisotopic (exact) mass is 303 g/mol. The lowest BCUT2D eigenvalue weighted by molar-refractivity contribution is 0.0664. The minimum Gasteiger partial charge on any atom is -0.475 e. The molecule has 0 aliphatic heterocycles. The second-order valence-electron chi connectivity index (χ2n) is 5.94. The number of carboxylic acids is 1. The Morgan fingerprint density at radius 1 is 1.32 bits per heavy atom. The van der Waals surface area contributed by atoms with Crippen molar-refractivity contribution in [2.45, 2.75) is 46.6 Å². The van der Waals surface area contributed by atoms with Crippen LogP contribution in [0.15, 0.2) is 16.5 Å². The zero-order chi connectivity index (χ0) is 16.3. The fraction of sp³-hybridized carbons (Fsp3) is 0.500. The molecule has 0 saturated heterocycles. The third-order valence-electron chi connectivity index (χ3n) is 4.10. The Bertz CT molecular complexity index is 673. The molecule has 0 atom stereocenters. The van der Waals surface area contributed by atoms with Crippen LogP contribution in [0.4, 0.5) is 0 Å². The zero-order valence-corrected chi connectivity index (χ0v) is 13.9. The molecule has 4 heteroatoms. The first-order valence-corrected chi connectivity index (χ1v) is 7.94. The molecule has 1 heterocycles. The molecule has 1 aromatic carbocycles. The number of unbranched alkanes of at least 4 members (excludes halogenated alkanes) is 1. The van der Waals surface area contributed by atoms with Crippen LogP contribution in [0.3, 0.4) is 0 Å². The number of hydrogen-bond acceptors (Lipinski definition) is 3. The number of fused-ring (bicyclic) bond motifs is 1. The number of nitrogens with zero attached hydrogens (tertiary/aromatic N) is 1. The van der Waals surface area contributed by atoms with Crippen molar-refractivity contribution in [2.75, 3.05) is 13.6 Å². The lowest BCUT2D eigenvalue weighted by Crippen LogP contribution is -2.19. The highest BCUT2D eigenvalue weighted by atomic mass is 16.4. The topological polar surface area (TPSA) is 53.7 Å². The van der Waals surface area contributed by atoms with Crippen LogP contribution in [0.2, 0.25) is 0 Å². The van der Waals surface area contributed by atoms with Gasteiger partial charge in [-0.15, -0.1) is 0 Å². The largest absolute Gasteiger partial charge is 0.475 e. The summed E-state index contributed by atoms with van der Waals surface area (Å²) in [6.07, 6.45) is 3.20. The molecule has 0 amide bonds. The van der Waals surface area contributed by atoms with Crippen molar-refractivity contribution in [3.63, 3.8) is 0 Å². The summed E-state index contributed by atoms with van der Waals surface area (Å²) in [5, 5.41) is 10.2. The Morgan fingerprint density at radius 2 is 2.05 bits per heavy atom. The van der Waals surface area contributed by atoms with Crippen molar-refractivity contribution in [3.05, 3.63) is 34.6 Å². The van der Waals surface area contributed by atoms with Crippen molar-refractivity contribution >= 4 is 16.9 Å². The van der Waals surface area contributed by atoms with Gasteiger partial charge in [0.15, 0.2) is 0 Å². The molecule has 1 aromatic heterocycles. The van der Waals surface area contributed by atoms with Gasteiger partial charge in [-0.05, 0) is 50.6 Å². The lowest BCUT2D eigenvalue weighted by Gasteiger charge is -2.17. The molecule has 0 radical (unpaired) electrons. The fourth-order valence-corrected chi connectivity index (χ4v) is 2.83. The zero-order valence-electron chi connectivity index (χ0n) is 13.9. The molecule has 4 nitrogen and oxygen atoms in total. The van der Waals surface area contributed by atoms with Gasteiger partial charge in [-0.25, -0.2) is 4.79 Å². The lowest BCUT2D eigenvalue weighted by atomic mass is 10.0. The average molecular weight is 303 g/mol. The maximum Gasteiger partial charge on any atom is 0.372 e. The van der Waals surface area contributed by atoms with E-state index in [1.54, 1.807) is 0 Å². The smallest absolute Gasteiger partial charge is 0.372 e. The second kappa shape index (κ2) is 6.97. The second-order valence-corrected chi connectivity index (χ2v) is 5.94. The highest BCUT2D eigenvalue weighted by Crippen LogP contribution is 2.30. The molecule has 0 unspecified atom stereocenters. The van der Waals surface area contributed by atoms with Crippen LogP contribution in [0.25, 0.3) is 11.0 Å². The van der Waals surface area contributed by atoms with Gasteiger partial charge >= 0.3 is 5.97 Å². The Labute approximate surface area is 131 Å². The predicted molar refractivity (Wildman–Crippen MR) is 88.5 cm³/mol. The van der Waals surface area contributed by atoms with Crippen molar-refractivity contribution in [1.82, 2.24) is 4.90 Å². The molecule has 0 fully saturated rings. The van der Waals surface area contributed by atoms with Crippen molar-refractivity contribution in [2.24, 2.45) is 0 Å². The summed E-state index contributed by atoms with van der Waals surface area (Å²) >= 11 is 0. The van der Waals surface area contributed by atoms with Crippen LogP contribution in [-0.2, 0) is 13.0 Å². The van der Waals surface area contributed by atoms with Crippen LogP contribution < -0.4 is 0 Å². The summed E-state index contributed by atoms with van der Waals surface area (Å²) in [7, 11) is 2.12. The Morgan fingerprint density at radius 3 is 2.64 bits per heavy atom. The Hall–Kier alpha value is -1.81. The van der Waals surface area contributed by atoms with Crippen LogP contribution in [-0.4, -0.2) is 29.6 Å². The van der Waals surface area contributed by atoms with Crippen LogP contribution in [0.1, 0.15) is 53.9 Å². The minimum atomic E-state index is -1.00. The summed E-state index contributed by atoms with van der Waals surface area (Å²) in [6, 6.07) is 4.21. The maximum atomic E-state index is 11.3. The van der Waals surface area contributed by atoms with Gasteiger partial charge in [0.25, 0.3) is 0 Å².